The lowest BCUT2D eigenvalue weighted by Crippen LogP contribution is -2.55. The van der Waals surface area contributed by atoms with E-state index in [0.29, 0.717) is 36.1 Å². The highest BCUT2D eigenvalue weighted by Gasteiger charge is 2.32. The van der Waals surface area contributed by atoms with Gasteiger partial charge < -0.3 is 9.42 Å². The first-order chi connectivity index (χ1) is 13.2. The Morgan fingerprint density at radius 1 is 1.30 bits per heavy atom. The second-order valence-electron chi connectivity index (χ2n) is 7.42. The Hall–Kier alpha value is -2.72. The van der Waals surface area contributed by atoms with E-state index in [9.17, 15) is 10.1 Å². The molecule has 1 unspecified atom stereocenters. The van der Waals surface area contributed by atoms with Crippen molar-refractivity contribution in [3.63, 3.8) is 0 Å². The quantitative estimate of drug-likeness (QED) is 0.828. The third-order valence-electron chi connectivity index (χ3n) is 5.56. The molecule has 27 heavy (non-hydrogen) atoms. The zero-order chi connectivity index (χ0) is 18.8. The number of benzene rings is 1. The summed E-state index contributed by atoms with van der Waals surface area (Å²) in [6, 6.07) is 9.52. The molecule has 1 atom stereocenters. The van der Waals surface area contributed by atoms with Gasteiger partial charge in [0.1, 0.15) is 6.07 Å². The van der Waals surface area contributed by atoms with E-state index in [2.05, 4.69) is 28.0 Å². The molecule has 0 radical (unpaired) electrons. The van der Waals surface area contributed by atoms with Gasteiger partial charge >= 0.3 is 0 Å². The van der Waals surface area contributed by atoms with Gasteiger partial charge in [-0.25, -0.2) is 0 Å². The van der Waals surface area contributed by atoms with Crippen LogP contribution in [0.1, 0.15) is 55.8 Å². The molecule has 2 fully saturated rings. The molecular formula is C20H23N5O2. The number of para-hydroxylation sites is 1. The first kappa shape index (κ1) is 17.7. The van der Waals surface area contributed by atoms with Crippen molar-refractivity contribution in [3.8, 4) is 6.07 Å². The number of piperazine rings is 1. The van der Waals surface area contributed by atoms with Gasteiger partial charge in [0.05, 0.1) is 24.3 Å². The van der Waals surface area contributed by atoms with Crippen molar-refractivity contribution >= 4 is 11.6 Å². The fourth-order valence-corrected chi connectivity index (χ4v) is 4.00. The Morgan fingerprint density at radius 3 is 2.85 bits per heavy atom. The molecule has 0 spiro atoms. The number of carbonyl (C=O) groups is 1. The van der Waals surface area contributed by atoms with Crippen LogP contribution in [0.3, 0.4) is 0 Å². The highest BCUT2D eigenvalue weighted by molar-refractivity contribution is 5.96. The molecular weight excluding hydrogens is 342 g/mol. The lowest BCUT2D eigenvalue weighted by molar-refractivity contribution is -0.122. The van der Waals surface area contributed by atoms with Gasteiger partial charge in [0.25, 0.3) is 0 Å². The zero-order valence-electron chi connectivity index (χ0n) is 15.5. The minimum Gasteiger partial charge on any atom is -0.339 e. The van der Waals surface area contributed by atoms with Gasteiger partial charge in [-0.05, 0) is 31.9 Å². The van der Waals surface area contributed by atoms with Gasteiger partial charge in [-0.3, -0.25) is 9.69 Å². The lowest BCUT2D eigenvalue weighted by atomic mass is 10.1. The highest BCUT2D eigenvalue weighted by Crippen LogP contribution is 2.33. The Labute approximate surface area is 158 Å². The molecule has 1 aromatic carbocycles. The van der Waals surface area contributed by atoms with E-state index in [1.54, 1.807) is 11.0 Å². The predicted octanol–water partition coefficient (Wildman–Crippen LogP) is 2.84. The third-order valence-corrected chi connectivity index (χ3v) is 5.56. The molecule has 0 N–H and O–H groups in total. The van der Waals surface area contributed by atoms with Crippen LogP contribution in [-0.4, -0.2) is 40.1 Å². The molecule has 1 saturated heterocycles. The van der Waals surface area contributed by atoms with Gasteiger partial charge in [-0.1, -0.05) is 30.1 Å². The minimum absolute atomic E-state index is 0.0182. The van der Waals surface area contributed by atoms with Crippen LogP contribution in [0, 0.1) is 11.3 Å². The number of amides is 1. The van der Waals surface area contributed by atoms with Crippen LogP contribution in [-0.2, 0) is 11.3 Å². The van der Waals surface area contributed by atoms with Gasteiger partial charge in [-0.15, -0.1) is 0 Å². The van der Waals surface area contributed by atoms with Crippen molar-refractivity contribution in [3.05, 3.63) is 41.5 Å². The van der Waals surface area contributed by atoms with Crippen LogP contribution < -0.4 is 4.90 Å². The summed E-state index contributed by atoms with van der Waals surface area (Å²) in [7, 11) is 0. The molecule has 1 aliphatic heterocycles. The number of carbonyl (C=O) groups excluding carboxylic acids is 1. The van der Waals surface area contributed by atoms with Gasteiger partial charge in [-0.2, -0.15) is 10.2 Å². The molecule has 1 saturated carbocycles. The van der Waals surface area contributed by atoms with E-state index in [1.165, 1.54) is 12.8 Å². The molecule has 2 aromatic rings. The monoisotopic (exact) mass is 365 g/mol. The number of nitriles is 1. The number of rotatable bonds is 4. The van der Waals surface area contributed by atoms with Crippen LogP contribution in [0.25, 0.3) is 0 Å². The first-order valence-electron chi connectivity index (χ1n) is 9.51. The second kappa shape index (κ2) is 7.49. The minimum atomic E-state index is -0.0182. The average molecular weight is 365 g/mol. The van der Waals surface area contributed by atoms with Crippen LogP contribution in [0.2, 0.25) is 0 Å². The molecule has 1 aliphatic carbocycles. The smallest absolute Gasteiger partial charge is 0.241 e. The fraction of sp³-hybridized carbons (Fsp3) is 0.500. The largest absolute Gasteiger partial charge is 0.339 e. The number of nitrogens with zero attached hydrogens (tertiary/aromatic N) is 5. The maximum Gasteiger partial charge on any atom is 0.241 e. The topological polar surface area (TPSA) is 86.3 Å². The number of hydrogen-bond acceptors (Lipinski definition) is 6. The van der Waals surface area contributed by atoms with Crippen molar-refractivity contribution in [2.45, 2.75) is 51.1 Å². The summed E-state index contributed by atoms with van der Waals surface area (Å²) in [5.74, 6) is 1.76. The summed E-state index contributed by atoms with van der Waals surface area (Å²) in [4.78, 5) is 21.1. The summed E-state index contributed by atoms with van der Waals surface area (Å²) < 4.78 is 5.45. The second-order valence-corrected chi connectivity index (χ2v) is 7.42. The van der Waals surface area contributed by atoms with E-state index < -0.39 is 0 Å². The average Bonchev–Trinajstić information content (AvgIpc) is 3.36. The lowest BCUT2D eigenvalue weighted by Gasteiger charge is -2.39. The summed E-state index contributed by atoms with van der Waals surface area (Å²) in [6.07, 6.45) is 4.68. The molecule has 0 bridgehead atoms. The van der Waals surface area contributed by atoms with Crippen molar-refractivity contribution in [2.75, 3.05) is 18.0 Å². The maximum atomic E-state index is 12.7. The molecule has 7 nitrogen and oxygen atoms in total. The Bertz CT molecular complexity index is 865. The molecule has 2 heterocycles. The van der Waals surface area contributed by atoms with Crippen molar-refractivity contribution in [1.29, 1.82) is 5.26 Å². The predicted molar refractivity (Wildman–Crippen MR) is 98.9 cm³/mol. The molecule has 1 amide bonds. The van der Waals surface area contributed by atoms with Gasteiger partial charge in [0.2, 0.25) is 11.8 Å². The SMILES string of the molecule is CC1CN(c2ccccc2C#N)C(=O)CN1Cc1noc(C2CCCC2)n1. The first-order valence-corrected chi connectivity index (χ1v) is 9.51. The standard InChI is InChI=1S/C20H23N5O2/c1-14-11-25(17-9-5-4-8-16(17)10-21)19(26)13-24(14)12-18-22-20(27-23-18)15-6-2-3-7-15/h4-5,8-9,14-15H,2-3,6-7,11-13H2,1H3. The van der Waals surface area contributed by atoms with Gasteiger partial charge in [0, 0.05) is 18.5 Å². The Morgan fingerprint density at radius 2 is 2.07 bits per heavy atom. The number of hydrogen-bond donors (Lipinski definition) is 0. The van der Waals surface area contributed by atoms with Crippen LogP contribution in [0.15, 0.2) is 28.8 Å². The molecule has 2 aliphatic rings. The molecule has 4 rings (SSSR count). The van der Waals surface area contributed by atoms with E-state index in [4.69, 9.17) is 4.52 Å². The Balaban J connectivity index is 1.45. The summed E-state index contributed by atoms with van der Waals surface area (Å²) in [6.45, 7) is 3.38. The summed E-state index contributed by atoms with van der Waals surface area (Å²) >= 11 is 0. The Kier molecular flexibility index (Phi) is 4.90. The highest BCUT2D eigenvalue weighted by atomic mass is 16.5. The molecule has 140 valence electrons. The van der Waals surface area contributed by atoms with Crippen molar-refractivity contribution in [2.24, 2.45) is 0 Å². The van der Waals surface area contributed by atoms with Crippen molar-refractivity contribution < 1.29 is 9.32 Å². The van der Waals surface area contributed by atoms with Crippen LogP contribution in [0.5, 0.6) is 0 Å². The van der Waals surface area contributed by atoms with E-state index in [0.717, 1.165) is 18.7 Å². The number of anilines is 1. The molecule has 1 aromatic heterocycles. The van der Waals surface area contributed by atoms with E-state index >= 15 is 0 Å². The maximum absolute atomic E-state index is 12.7. The fourth-order valence-electron chi connectivity index (χ4n) is 4.00. The van der Waals surface area contributed by atoms with Crippen LogP contribution >= 0.6 is 0 Å². The van der Waals surface area contributed by atoms with Gasteiger partial charge in [0.15, 0.2) is 5.82 Å². The third kappa shape index (κ3) is 3.58. The normalized spacial score (nSPS) is 21.6. The van der Waals surface area contributed by atoms with Crippen LogP contribution in [0.4, 0.5) is 5.69 Å². The van der Waals surface area contributed by atoms with E-state index in [1.807, 2.05) is 18.2 Å². The summed E-state index contributed by atoms with van der Waals surface area (Å²) in [5.41, 5.74) is 1.20. The van der Waals surface area contributed by atoms with E-state index in [-0.39, 0.29) is 18.5 Å². The van der Waals surface area contributed by atoms with Crippen molar-refractivity contribution in [1.82, 2.24) is 15.0 Å². The number of aromatic nitrogens is 2. The summed E-state index contributed by atoms with van der Waals surface area (Å²) in [5, 5.41) is 13.4. The molecule has 7 heteroatoms. The zero-order valence-corrected chi connectivity index (χ0v) is 15.5.